The van der Waals surface area contributed by atoms with Gasteiger partial charge in [-0.1, -0.05) is 6.08 Å². The van der Waals surface area contributed by atoms with Crippen molar-refractivity contribution in [3.63, 3.8) is 0 Å². The van der Waals surface area contributed by atoms with Crippen LogP contribution in [0.2, 0.25) is 0 Å². The average Bonchev–Trinajstić information content (AvgIpc) is 1.81. The lowest BCUT2D eigenvalue weighted by Crippen LogP contribution is -1.90. The molecule has 0 aliphatic heterocycles. The molecule has 3 N–H and O–H groups in total. The van der Waals surface area contributed by atoms with E-state index in [0.29, 0.717) is 0 Å². The third kappa shape index (κ3) is 3.29. The summed E-state index contributed by atoms with van der Waals surface area (Å²) in [6, 6.07) is 0. The minimum atomic E-state index is -5.06. The van der Waals surface area contributed by atoms with E-state index in [2.05, 4.69) is 11.1 Å². The van der Waals surface area contributed by atoms with Gasteiger partial charge in [0.25, 0.3) is 0 Å². The smallest absolute Gasteiger partial charge is 0.316 e. The van der Waals surface area contributed by atoms with Crippen LogP contribution in [0.3, 0.4) is 0 Å². The molecule has 0 saturated carbocycles. The number of hydrogen-bond acceptors (Lipinski definition) is 3. The van der Waals surface area contributed by atoms with Gasteiger partial charge >= 0.3 is 14.6 Å². The Kier molecular flexibility index (Phi) is 3.64. The Labute approximate surface area is 63.1 Å². The molecule has 0 rings (SSSR count). The van der Waals surface area contributed by atoms with Crippen LogP contribution in [0.4, 0.5) is 0 Å². The minimum Gasteiger partial charge on any atom is -0.316 e. The Hall–Kier alpha value is 0.0400. The number of hydrogen-bond donors (Lipinski definition) is 3. The second-order valence-electron chi connectivity index (χ2n) is 1.59. The van der Waals surface area contributed by atoms with E-state index in [9.17, 15) is 9.13 Å². The van der Waals surface area contributed by atoms with E-state index in [1.54, 1.807) is 0 Å². The average molecular weight is 202 g/mol. The lowest BCUT2D eigenvalue weighted by molar-refractivity contribution is 0.283. The van der Waals surface area contributed by atoms with Crippen LogP contribution in [0.1, 0.15) is 0 Å². The zero-order chi connectivity index (χ0) is 9.12. The molecule has 8 heteroatoms. The van der Waals surface area contributed by atoms with E-state index in [4.69, 9.17) is 14.7 Å². The molecule has 0 heterocycles. The van der Waals surface area contributed by atoms with Gasteiger partial charge in [0.05, 0.1) is 6.61 Å². The summed E-state index contributed by atoms with van der Waals surface area (Å²) in [5.41, 5.74) is 0. The molecule has 0 aromatic carbocycles. The fourth-order valence-electron chi connectivity index (χ4n) is 0.225. The van der Waals surface area contributed by atoms with Gasteiger partial charge in [0.1, 0.15) is 0 Å². The van der Waals surface area contributed by atoms with Gasteiger partial charge < -0.3 is 14.7 Å². The first kappa shape index (κ1) is 11.0. The van der Waals surface area contributed by atoms with Crippen molar-refractivity contribution in [1.29, 1.82) is 0 Å². The summed E-state index contributed by atoms with van der Waals surface area (Å²) >= 11 is 0. The molecule has 0 amide bonds. The summed E-state index contributed by atoms with van der Waals surface area (Å²) in [5, 5.41) is 0. The van der Waals surface area contributed by atoms with Gasteiger partial charge in [-0.05, 0) is 0 Å². The van der Waals surface area contributed by atoms with Crippen molar-refractivity contribution in [1.82, 2.24) is 0 Å². The van der Waals surface area contributed by atoms with Gasteiger partial charge in [0.15, 0.2) is 0 Å². The zero-order valence-electron chi connectivity index (χ0n) is 5.45. The van der Waals surface area contributed by atoms with Crippen molar-refractivity contribution < 1.29 is 28.3 Å². The normalized spacial score (nSPS) is 17.4. The molecule has 0 aliphatic rings. The highest BCUT2D eigenvalue weighted by Gasteiger charge is 2.41. The molecule has 1 unspecified atom stereocenters. The fourth-order valence-corrected chi connectivity index (χ4v) is 1.33. The molecular weight excluding hydrogens is 194 g/mol. The Balaban J connectivity index is 4.36. The summed E-state index contributed by atoms with van der Waals surface area (Å²) in [6.07, 6.45) is 1.11. The third-order valence-corrected chi connectivity index (χ3v) is 4.16. The Morgan fingerprint density at radius 1 is 1.36 bits per heavy atom. The summed E-state index contributed by atoms with van der Waals surface area (Å²) in [5.74, 6) is 0. The topological polar surface area (TPSA) is 104 Å². The van der Waals surface area contributed by atoms with Crippen molar-refractivity contribution >= 4 is 14.6 Å². The van der Waals surface area contributed by atoms with Crippen LogP contribution in [0.15, 0.2) is 12.7 Å². The molecule has 66 valence electrons. The van der Waals surface area contributed by atoms with Crippen molar-refractivity contribution in [2.75, 3.05) is 6.61 Å². The Morgan fingerprint density at radius 2 is 1.82 bits per heavy atom. The SMILES string of the molecule is C=CCOP(=O)(O)P(=O)(O)O. The highest BCUT2D eigenvalue weighted by molar-refractivity contribution is 8.26. The molecule has 0 aromatic rings. The van der Waals surface area contributed by atoms with Crippen molar-refractivity contribution in [3.05, 3.63) is 12.7 Å². The predicted octanol–water partition coefficient (Wildman–Crippen LogP) is 0.467. The molecule has 0 aromatic heterocycles. The standard InChI is InChI=1S/C3H8O6P2/c1-2-3-9-11(7,8)10(4,5)6/h2H,1,3H2,(H,7,8)(H2,4,5,6). The summed E-state index contributed by atoms with van der Waals surface area (Å²) < 4.78 is 24.7. The van der Waals surface area contributed by atoms with Crippen molar-refractivity contribution in [2.45, 2.75) is 0 Å². The van der Waals surface area contributed by atoms with Gasteiger partial charge in [-0.2, -0.15) is 0 Å². The van der Waals surface area contributed by atoms with Crippen molar-refractivity contribution in [3.8, 4) is 0 Å². The van der Waals surface area contributed by atoms with Gasteiger partial charge in [0.2, 0.25) is 0 Å². The Bertz CT molecular complexity index is 228. The van der Waals surface area contributed by atoms with Crippen LogP contribution >= 0.6 is 14.6 Å². The van der Waals surface area contributed by atoms with Crippen LogP contribution in [-0.4, -0.2) is 21.3 Å². The van der Waals surface area contributed by atoms with E-state index < -0.39 is 14.6 Å². The first-order valence-electron chi connectivity index (χ1n) is 2.45. The maximum absolute atomic E-state index is 10.5. The van der Waals surface area contributed by atoms with Crippen LogP contribution in [0.25, 0.3) is 0 Å². The second-order valence-corrected chi connectivity index (χ2v) is 6.93. The molecular formula is C3H8O6P2. The molecule has 0 fully saturated rings. The molecule has 6 nitrogen and oxygen atoms in total. The van der Waals surface area contributed by atoms with E-state index in [-0.39, 0.29) is 6.61 Å². The van der Waals surface area contributed by atoms with Gasteiger partial charge in [-0.25, -0.2) is 9.13 Å². The summed E-state index contributed by atoms with van der Waals surface area (Å²) in [7, 11) is -9.85. The van der Waals surface area contributed by atoms with Crippen molar-refractivity contribution in [2.24, 2.45) is 0 Å². The maximum Gasteiger partial charge on any atom is 0.438 e. The van der Waals surface area contributed by atoms with Crippen LogP contribution in [0.5, 0.6) is 0 Å². The lowest BCUT2D eigenvalue weighted by atomic mass is 10.7. The van der Waals surface area contributed by atoms with Gasteiger partial charge in [-0.3, -0.25) is 4.52 Å². The predicted molar refractivity (Wildman–Crippen MR) is 38.0 cm³/mol. The van der Waals surface area contributed by atoms with Crippen LogP contribution in [-0.2, 0) is 13.7 Å². The first-order chi connectivity index (χ1) is 4.81. The lowest BCUT2D eigenvalue weighted by Gasteiger charge is -2.10. The fraction of sp³-hybridized carbons (Fsp3) is 0.333. The second kappa shape index (κ2) is 3.63. The minimum absolute atomic E-state index is 0.376. The molecule has 11 heavy (non-hydrogen) atoms. The molecule has 0 bridgehead atoms. The Morgan fingerprint density at radius 3 is 2.09 bits per heavy atom. The first-order valence-corrected chi connectivity index (χ1v) is 6.35. The largest absolute Gasteiger partial charge is 0.438 e. The van der Waals surface area contributed by atoms with Gasteiger partial charge in [0, 0.05) is 0 Å². The maximum atomic E-state index is 10.5. The van der Waals surface area contributed by atoms with E-state index in [1.807, 2.05) is 0 Å². The monoisotopic (exact) mass is 202 g/mol. The summed E-state index contributed by atoms with van der Waals surface area (Å²) in [4.78, 5) is 24.9. The number of rotatable bonds is 4. The van der Waals surface area contributed by atoms with E-state index >= 15 is 0 Å². The molecule has 0 saturated heterocycles. The molecule has 0 radical (unpaired) electrons. The van der Waals surface area contributed by atoms with Crippen LogP contribution < -0.4 is 0 Å². The van der Waals surface area contributed by atoms with E-state index in [0.717, 1.165) is 6.08 Å². The third-order valence-electron chi connectivity index (χ3n) is 0.690. The van der Waals surface area contributed by atoms with E-state index in [1.165, 1.54) is 0 Å². The van der Waals surface area contributed by atoms with Crippen LogP contribution in [0, 0.1) is 0 Å². The quantitative estimate of drug-likeness (QED) is 0.452. The highest BCUT2D eigenvalue weighted by Crippen LogP contribution is 2.74. The highest BCUT2D eigenvalue weighted by atomic mass is 32.1. The molecule has 0 aliphatic carbocycles. The molecule has 0 spiro atoms. The van der Waals surface area contributed by atoms with Gasteiger partial charge in [-0.15, -0.1) is 6.58 Å². The molecule has 1 atom stereocenters. The summed E-state index contributed by atoms with van der Waals surface area (Å²) in [6.45, 7) is 2.76. The zero-order valence-corrected chi connectivity index (χ0v) is 7.24.